The van der Waals surface area contributed by atoms with Crippen LogP contribution in [0.25, 0.3) is 11.3 Å². The van der Waals surface area contributed by atoms with Crippen LogP contribution in [0.5, 0.6) is 0 Å². The molecule has 0 radical (unpaired) electrons. The highest BCUT2D eigenvalue weighted by Crippen LogP contribution is 2.19. The number of hydrogen-bond acceptors (Lipinski definition) is 1. The number of rotatable bonds is 9. The molecule has 2 aromatic rings. The van der Waals surface area contributed by atoms with E-state index in [-0.39, 0.29) is 0 Å². The number of unbranched alkanes of at least 4 members (excludes halogenated alkanes) is 5. The second kappa shape index (κ2) is 9.40. The van der Waals surface area contributed by atoms with Gasteiger partial charge in [0.05, 0.1) is 5.69 Å². The van der Waals surface area contributed by atoms with Crippen molar-refractivity contribution in [3.05, 3.63) is 53.7 Å². The first-order valence-corrected chi connectivity index (χ1v) is 8.87. The summed E-state index contributed by atoms with van der Waals surface area (Å²) in [6.45, 7) is 4.43. The molecule has 1 aromatic carbocycles. The van der Waals surface area contributed by atoms with Gasteiger partial charge in [-0.1, -0.05) is 76.3 Å². The normalized spacial score (nSPS) is 10.8. The number of hydrogen-bond donors (Lipinski definition) is 0. The summed E-state index contributed by atoms with van der Waals surface area (Å²) in [6.07, 6.45) is 12.4. The molecule has 0 N–H and O–H groups in total. The number of aromatic nitrogens is 1. The van der Waals surface area contributed by atoms with Crippen LogP contribution in [-0.4, -0.2) is 4.98 Å². The third-order valence-electron chi connectivity index (χ3n) is 4.30. The molecule has 0 bridgehead atoms. The summed E-state index contributed by atoms with van der Waals surface area (Å²) >= 11 is 0. The van der Waals surface area contributed by atoms with E-state index in [0.717, 1.165) is 12.1 Å². The highest BCUT2D eigenvalue weighted by Gasteiger charge is 2.00. The first-order valence-electron chi connectivity index (χ1n) is 8.87. The average molecular weight is 295 g/mol. The molecule has 118 valence electrons. The van der Waals surface area contributed by atoms with Gasteiger partial charge in [0.25, 0.3) is 0 Å². The SMILES string of the molecule is CCCCCCCCc1ccc(-c2ccc(CC)cn2)cc1. The summed E-state index contributed by atoms with van der Waals surface area (Å²) in [6, 6.07) is 13.2. The predicted octanol–water partition coefficient (Wildman–Crippen LogP) is 6.21. The highest BCUT2D eigenvalue weighted by atomic mass is 14.7. The van der Waals surface area contributed by atoms with Gasteiger partial charge in [-0.3, -0.25) is 4.98 Å². The Morgan fingerprint density at radius 2 is 1.41 bits per heavy atom. The first kappa shape index (κ1) is 16.7. The minimum absolute atomic E-state index is 1.05. The van der Waals surface area contributed by atoms with Crippen LogP contribution in [0.2, 0.25) is 0 Å². The van der Waals surface area contributed by atoms with E-state index < -0.39 is 0 Å². The van der Waals surface area contributed by atoms with Gasteiger partial charge < -0.3 is 0 Å². The van der Waals surface area contributed by atoms with E-state index in [2.05, 4.69) is 55.2 Å². The second-order valence-electron chi connectivity index (χ2n) is 6.12. The van der Waals surface area contributed by atoms with Crippen LogP contribution in [0.3, 0.4) is 0 Å². The van der Waals surface area contributed by atoms with Crippen LogP contribution in [-0.2, 0) is 12.8 Å². The van der Waals surface area contributed by atoms with E-state index in [1.54, 1.807) is 0 Å². The topological polar surface area (TPSA) is 12.9 Å². The van der Waals surface area contributed by atoms with Gasteiger partial charge >= 0.3 is 0 Å². The fraction of sp³-hybridized carbons (Fsp3) is 0.476. The maximum atomic E-state index is 4.55. The van der Waals surface area contributed by atoms with Gasteiger partial charge in [-0.2, -0.15) is 0 Å². The van der Waals surface area contributed by atoms with Crippen LogP contribution in [0.4, 0.5) is 0 Å². The largest absolute Gasteiger partial charge is 0.256 e. The molecule has 22 heavy (non-hydrogen) atoms. The maximum Gasteiger partial charge on any atom is 0.0702 e. The molecule has 0 atom stereocenters. The average Bonchev–Trinajstić information content (AvgIpc) is 2.59. The quantitative estimate of drug-likeness (QED) is 0.501. The van der Waals surface area contributed by atoms with Crippen molar-refractivity contribution >= 4 is 0 Å². The van der Waals surface area contributed by atoms with Crippen LogP contribution >= 0.6 is 0 Å². The lowest BCUT2D eigenvalue weighted by Crippen LogP contribution is -1.89. The number of benzene rings is 1. The standard InChI is InChI=1S/C21H29N/c1-3-5-6-7-8-9-10-19-11-14-20(15-12-19)21-16-13-18(4-2)17-22-21/h11-17H,3-10H2,1-2H3. The van der Waals surface area contributed by atoms with Crippen LogP contribution in [0, 0.1) is 0 Å². The molecule has 0 aliphatic rings. The number of nitrogens with zero attached hydrogens (tertiary/aromatic N) is 1. The van der Waals surface area contributed by atoms with Crippen molar-refractivity contribution in [3.63, 3.8) is 0 Å². The molecule has 1 heteroatoms. The molecule has 0 unspecified atom stereocenters. The van der Waals surface area contributed by atoms with Crippen molar-refractivity contribution in [2.75, 3.05) is 0 Å². The third kappa shape index (κ3) is 5.29. The van der Waals surface area contributed by atoms with Gasteiger partial charge in [0.15, 0.2) is 0 Å². The van der Waals surface area contributed by atoms with Crippen molar-refractivity contribution in [2.45, 2.75) is 65.2 Å². The minimum atomic E-state index is 1.05. The number of aryl methyl sites for hydroxylation is 2. The zero-order valence-corrected chi connectivity index (χ0v) is 14.1. The van der Waals surface area contributed by atoms with Gasteiger partial charge in [0.2, 0.25) is 0 Å². The molecular weight excluding hydrogens is 266 g/mol. The Morgan fingerprint density at radius 3 is 2.05 bits per heavy atom. The monoisotopic (exact) mass is 295 g/mol. The van der Waals surface area contributed by atoms with Gasteiger partial charge in [-0.25, -0.2) is 0 Å². The number of pyridine rings is 1. The summed E-state index contributed by atoms with van der Waals surface area (Å²) in [7, 11) is 0. The van der Waals surface area contributed by atoms with Crippen molar-refractivity contribution in [1.29, 1.82) is 0 Å². The van der Waals surface area contributed by atoms with E-state index in [1.165, 1.54) is 61.6 Å². The Kier molecular flexibility index (Phi) is 7.15. The Balaban J connectivity index is 1.82. The maximum absolute atomic E-state index is 4.55. The Labute approximate surface area is 135 Å². The van der Waals surface area contributed by atoms with Crippen molar-refractivity contribution in [3.8, 4) is 11.3 Å². The molecule has 0 spiro atoms. The molecule has 1 nitrogen and oxygen atoms in total. The first-order chi connectivity index (χ1) is 10.8. The molecule has 0 amide bonds. The van der Waals surface area contributed by atoms with Crippen molar-refractivity contribution < 1.29 is 0 Å². The minimum Gasteiger partial charge on any atom is -0.256 e. The molecule has 0 fully saturated rings. The lowest BCUT2D eigenvalue weighted by atomic mass is 10.0. The summed E-state index contributed by atoms with van der Waals surface area (Å²) in [4.78, 5) is 4.55. The fourth-order valence-corrected chi connectivity index (χ4v) is 2.76. The van der Waals surface area contributed by atoms with Gasteiger partial charge in [-0.05, 0) is 36.5 Å². The van der Waals surface area contributed by atoms with Crippen molar-refractivity contribution in [1.82, 2.24) is 4.98 Å². The molecule has 0 saturated carbocycles. The second-order valence-corrected chi connectivity index (χ2v) is 6.12. The van der Waals surface area contributed by atoms with Crippen molar-refractivity contribution in [2.24, 2.45) is 0 Å². The summed E-state index contributed by atoms with van der Waals surface area (Å²) in [5.41, 5.74) is 5.03. The van der Waals surface area contributed by atoms with Crippen LogP contribution in [0.1, 0.15) is 63.5 Å². The smallest absolute Gasteiger partial charge is 0.0702 e. The summed E-state index contributed by atoms with van der Waals surface area (Å²) < 4.78 is 0. The Hall–Kier alpha value is -1.63. The highest BCUT2D eigenvalue weighted by molar-refractivity contribution is 5.59. The zero-order valence-electron chi connectivity index (χ0n) is 14.1. The van der Waals surface area contributed by atoms with Gasteiger partial charge in [-0.15, -0.1) is 0 Å². The molecule has 2 rings (SSSR count). The van der Waals surface area contributed by atoms with E-state index >= 15 is 0 Å². The van der Waals surface area contributed by atoms with Gasteiger partial charge in [0.1, 0.15) is 0 Å². The third-order valence-corrected chi connectivity index (χ3v) is 4.30. The Morgan fingerprint density at radius 1 is 0.727 bits per heavy atom. The van der Waals surface area contributed by atoms with Crippen LogP contribution < -0.4 is 0 Å². The summed E-state index contributed by atoms with van der Waals surface area (Å²) in [5, 5.41) is 0. The molecule has 1 aromatic heterocycles. The van der Waals surface area contributed by atoms with E-state index in [4.69, 9.17) is 0 Å². The zero-order chi connectivity index (χ0) is 15.6. The van der Waals surface area contributed by atoms with Gasteiger partial charge in [0, 0.05) is 11.8 Å². The molecule has 1 heterocycles. The van der Waals surface area contributed by atoms with Crippen LogP contribution in [0.15, 0.2) is 42.6 Å². The lowest BCUT2D eigenvalue weighted by Gasteiger charge is -2.05. The predicted molar refractivity (Wildman–Crippen MR) is 96.1 cm³/mol. The summed E-state index contributed by atoms with van der Waals surface area (Å²) in [5.74, 6) is 0. The molecular formula is C21H29N. The molecule has 0 aliphatic carbocycles. The lowest BCUT2D eigenvalue weighted by molar-refractivity contribution is 0.607. The fourth-order valence-electron chi connectivity index (χ4n) is 2.76. The Bertz CT molecular complexity index is 525. The molecule has 0 saturated heterocycles. The van der Waals surface area contributed by atoms with E-state index in [9.17, 15) is 0 Å². The molecule has 0 aliphatic heterocycles. The van der Waals surface area contributed by atoms with E-state index in [1.807, 2.05) is 6.20 Å². The van der Waals surface area contributed by atoms with E-state index in [0.29, 0.717) is 0 Å².